The van der Waals surface area contributed by atoms with Crippen LogP contribution in [0.25, 0.3) is 0 Å². The number of aromatic nitrogens is 1. The van der Waals surface area contributed by atoms with Gasteiger partial charge in [0, 0.05) is 10.2 Å². The lowest BCUT2D eigenvalue weighted by Gasteiger charge is -2.09. The molecule has 0 bridgehead atoms. The Morgan fingerprint density at radius 3 is 3.00 bits per heavy atom. The molecule has 20 heavy (non-hydrogen) atoms. The normalized spacial score (nSPS) is 12.8. The molecule has 0 saturated carbocycles. The number of halogens is 1. The van der Waals surface area contributed by atoms with Gasteiger partial charge in [-0.3, -0.25) is 0 Å². The first-order valence-electron chi connectivity index (χ1n) is 6.56. The fraction of sp³-hybridized carbons (Fsp3) is 0.250. The highest BCUT2D eigenvalue weighted by Crippen LogP contribution is 2.26. The van der Waals surface area contributed by atoms with Gasteiger partial charge < -0.3 is 4.74 Å². The topological polar surface area (TPSA) is 45.9 Å². The molecule has 3 nitrogen and oxygen atoms in total. The molecule has 0 saturated heterocycles. The first-order valence-corrected chi connectivity index (χ1v) is 7.35. The maximum absolute atomic E-state index is 9.21. The number of pyridine rings is 1. The first-order chi connectivity index (χ1) is 9.76. The van der Waals surface area contributed by atoms with Gasteiger partial charge in [-0.05, 0) is 48.6 Å². The first kappa shape index (κ1) is 13.1. The Balaban J connectivity index is 1.82. The van der Waals surface area contributed by atoms with Crippen molar-refractivity contribution < 1.29 is 4.74 Å². The summed E-state index contributed by atoms with van der Waals surface area (Å²) in [6.07, 6.45) is 3.11. The van der Waals surface area contributed by atoms with Crippen LogP contribution in [0.4, 0.5) is 0 Å². The average Bonchev–Trinajstić information content (AvgIpc) is 2.91. The summed E-state index contributed by atoms with van der Waals surface area (Å²) >= 11 is 3.43. The van der Waals surface area contributed by atoms with E-state index < -0.39 is 0 Å². The van der Waals surface area contributed by atoms with Crippen molar-refractivity contribution in [3.63, 3.8) is 0 Å². The minimum absolute atomic E-state index is 0.417. The van der Waals surface area contributed by atoms with E-state index >= 15 is 0 Å². The Bertz CT molecular complexity index is 691. The molecular weight excluding hydrogens is 316 g/mol. The Morgan fingerprint density at radius 2 is 2.20 bits per heavy atom. The third kappa shape index (κ3) is 2.68. The van der Waals surface area contributed by atoms with Gasteiger partial charge in [-0.2, -0.15) is 5.26 Å². The molecule has 0 unspecified atom stereocenters. The van der Waals surface area contributed by atoms with Crippen molar-refractivity contribution in [2.45, 2.75) is 25.9 Å². The van der Waals surface area contributed by atoms with Gasteiger partial charge in [-0.1, -0.05) is 28.1 Å². The summed E-state index contributed by atoms with van der Waals surface area (Å²) in [6, 6.07) is 12.0. The molecule has 0 atom stereocenters. The van der Waals surface area contributed by atoms with E-state index in [0.29, 0.717) is 18.1 Å². The van der Waals surface area contributed by atoms with Crippen LogP contribution in [0, 0.1) is 11.3 Å². The van der Waals surface area contributed by atoms with Crippen LogP contribution in [0.5, 0.6) is 5.88 Å². The quantitative estimate of drug-likeness (QED) is 0.861. The highest BCUT2D eigenvalue weighted by Gasteiger charge is 2.17. The maximum atomic E-state index is 9.21. The molecule has 0 aliphatic heterocycles. The van der Waals surface area contributed by atoms with Gasteiger partial charge in [0.2, 0.25) is 5.88 Å². The molecule has 2 aromatic rings. The second-order valence-electron chi connectivity index (χ2n) is 4.83. The van der Waals surface area contributed by atoms with Gasteiger partial charge in [-0.15, -0.1) is 0 Å². The third-order valence-electron chi connectivity index (χ3n) is 3.40. The van der Waals surface area contributed by atoms with Crippen molar-refractivity contribution in [3.8, 4) is 11.9 Å². The monoisotopic (exact) mass is 328 g/mol. The van der Waals surface area contributed by atoms with E-state index in [1.807, 2.05) is 30.3 Å². The van der Waals surface area contributed by atoms with E-state index in [4.69, 9.17) is 4.74 Å². The van der Waals surface area contributed by atoms with E-state index in [1.165, 1.54) is 5.56 Å². The molecule has 0 spiro atoms. The Kier molecular flexibility index (Phi) is 3.70. The third-order valence-corrected chi connectivity index (χ3v) is 3.89. The lowest BCUT2D eigenvalue weighted by atomic mass is 10.1. The number of hydrogen-bond donors (Lipinski definition) is 0. The number of fused-ring (bicyclic) bond motifs is 1. The van der Waals surface area contributed by atoms with Crippen LogP contribution in [0.15, 0.2) is 34.8 Å². The molecule has 1 aliphatic rings. The Labute approximate surface area is 126 Å². The minimum atomic E-state index is 0.417. The number of nitrogens with zero attached hydrogens (tertiary/aromatic N) is 2. The maximum Gasteiger partial charge on any atom is 0.232 e. The van der Waals surface area contributed by atoms with Crippen molar-refractivity contribution in [2.24, 2.45) is 0 Å². The number of benzene rings is 1. The SMILES string of the molecule is N#Cc1cc2c(nc1OCc1cccc(Br)c1)CCC2. The molecule has 0 radical (unpaired) electrons. The summed E-state index contributed by atoms with van der Waals surface area (Å²) < 4.78 is 6.75. The largest absolute Gasteiger partial charge is 0.472 e. The average molecular weight is 329 g/mol. The zero-order valence-corrected chi connectivity index (χ0v) is 12.5. The fourth-order valence-corrected chi connectivity index (χ4v) is 2.87. The molecule has 4 heteroatoms. The molecule has 3 rings (SSSR count). The van der Waals surface area contributed by atoms with Gasteiger partial charge in [0.15, 0.2) is 0 Å². The second kappa shape index (κ2) is 5.64. The number of hydrogen-bond acceptors (Lipinski definition) is 3. The standard InChI is InChI=1S/C16H13BrN2O/c17-14-5-1-3-11(7-14)10-20-16-13(9-18)8-12-4-2-6-15(12)19-16/h1,3,5,7-8H,2,4,6,10H2. The lowest BCUT2D eigenvalue weighted by molar-refractivity contribution is 0.292. The molecular formula is C16H13BrN2O. The van der Waals surface area contributed by atoms with Crippen LogP contribution >= 0.6 is 15.9 Å². The van der Waals surface area contributed by atoms with Gasteiger partial charge in [0.25, 0.3) is 0 Å². The van der Waals surface area contributed by atoms with Gasteiger partial charge in [-0.25, -0.2) is 4.98 Å². The second-order valence-corrected chi connectivity index (χ2v) is 5.75. The number of aryl methyl sites for hydroxylation is 2. The molecule has 0 fully saturated rings. The van der Waals surface area contributed by atoms with Gasteiger partial charge >= 0.3 is 0 Å². The highest BCUT2D eigenvalue weighted by atomic mass is 79.9. The summed E-state index contributed by atoms with van der Waals surface area (Å²) in [5.74, 6) is 0.452. The predicted octanol–water partition coefficient (Wildman–Crippen LogP) is 3.78. The molecule has 1 aromatic carbocycles. The smallest absolute Gasteiger partial charge is 0.232 e. The summed E-state index contributed by atoms with van der Waals surface area (Å²) in [6.45, 7) is 0.417. The summed E-state index contributed by atoms with van der Waals surface area (Å²) in [4.78, 5) is 4.51. The van der Waals surface area contributed by atoms with Crippen LogP contribution in [0.1, 0.15) is 28.8 Å². The van der Waals surface area contributed by atoms with Crippen molar-refractivity contribution in [1.29, 1.82) is 5.26 Å². The lowest BCUT2D eigenvalue weighted by Crippen LogP contribution is -2.02. The molecule has 100 valence electrons. The highest BCUT2D eigenvalue weighted by molar-refractivity contribution is 9.10. The van der Waals surface area contributed by atoms with Gasteiger partial charge in [0.1, 0.15) is 18.2 Å². The van der Waals surface area contributed by atoms with Crippen molar-refractivity contribution in [2.75, 3.05) is 0 Å². The summed E-state index contributed by atoms with van der Waals surface area (Å²) in [5.41, 5.74) is 3.84. The van der Waals surface area contributed by atoms with Crippen LogP contribution in [0.3, 0.4) is 0 Å². The predicted molar refractivity (Wildman–Crippen MR) is 79.5 cm³/mol. The van der Waals surface area contributed by atoms with E-state index in [9.17, 15) is 5.26 Å². The zero-order chi connectivity index (χ0) is 13.9. The van der Waals surface area contributed by atoms with Crippen molar-refractivity contribution >= 4 is 15.9 Å². The molecule has 1 aliphatic carbocycles. The van der Waals surface area contributed by atoms with E-state index in [-0.39, 0.29) is 0 Å². The Morgan fingerprint density at radius 1 is 1.30 bits per heavy atom. The zero-order valence-electron chi connectivity index (χ0n) is 10.9. The van der Waals surface area contributed by atoms with E-state index in [0.717, 1.165) is 35.0 Å². The van der Waals surface area contributed by atoms with Crippen molar-refractivity contribution in [1.82, 2.24) is 4.98 Å². The van der Waals surface area contributed by atoms with Crippen LogP contribution < -0.4 is 4.74 Å². The minimum Gasteiger partial charge on any atom is -0.472 e. The number of nitriles is 1. The summed E-state index contributed by atoms with van der Waals surface area (Å²) in [5, 5.41) is 9.21. The fourth-order valence-electron chi connectivity index (χ4n) is 2.42. The molecule has 0 N–H and O–H groups in total. The van der Waals surface area contributed by atoms with Crippen LogP contribution in [-0.2, 0) is 19.4 Å². The number of rotatable bonds is 3. The Hall–Kier alpha value is -1.86. The van der Waals surface area contributed by atoms with Crippen LogP contribution in [0.2, 0.25) is 0 Å². The van der Waals surface area contributed by atoms with Crippen LogP contribution in [-0.4, -0.2) is 4.98 Å². The molecule has 1 aromatic heterocycles. The van der Waals surface area contributed by atoms with Crippen molar-refractivity contribution in [3.05, 3.63) is 57.2 Å². The summed E-state index contributed by atoms with van der Waals surface area (Å²) in [7, 11) is 0. The van der Waals surface area contributed by atoms with E-state index in [1.54, 1.807) is 0 Å². The van der Waals surface area contributed by atoms with E-state index in [2.05, 4.69) is 27.0 Å². The number of ether oxygens (including phenoxy) is 1. The van der Waals surface area contributed by atoms with Gasteiger partial charge in [0.05, 0.1) is 0 Å². The molecule has 1 heterocycles. The molecule has 0 amide bonds.